The van der Waals surface area contributed by atoms with Crippen LogP contribution in [0.2, 0.25) is 0 Å². The van der Waals surface area contributed by atoms with Crippen molar-refractivity contribution in [2.75, 3.05) is 9.71 Å². The molecular formula is C10H10HgNO. The van der Waals surface area contributed by atoms with Gasteiger partial charge in [-0.25, -0.2) is 0 Å². The van der Waals surface area contributed by atoms with Gasteiger partial charge in [-0.1, -0.05) is 0 Å². The van der Waals surface area contributed by atoms with Crippen molar-refractivity contribution in [1.82, 2.24) is 0 Å². The van der Waals surface area contributed by atoms with E-state index in [1.54, 1.807) is 0 Å². The Kier molecular flexibility index (Phi) is 3.77. The first kappa shape index (κ1) is 10.6. The van der Waals surface area contributed by atoms with Crippen molar-refractivity contribution in [2.45, 2.75) is 6.10 Å². The van der Waals surface area contributed by atoms with E-state index in [1.807, 2.05) is 24.3 Å². The molecule has 1 rings (SSSR count). The molecule has 0 aliphatic carbocycles. The summed E-state index contributed by atoms with van der Waals surface area (Å²) in [6.07, 6.45) is 4.32. The number of rotatable bonds is 2. The Balaban J connectivity index is 2.89. The van der Waals surface area contributed by atoms with Gasteiger partial charge >= 0.3 is 95.2 Å². The molecule has 0 aliphatic rings. The van der Waals surface area contributed by atoms with Gasteiger partial charge in [0.1, 0.15) is 0 Å². The first-order valence-corrected chi connectivity index (χ1v) is 6.39. The third-order valence-electron chi connectivity index (χ3n) is 1.81. The van der Waals surface area contributed by atoms with Gasteiger partial charge in [0, 0.05) is 0 Å². The third kappa shape index (κ3) is 2.72. The molecule has 0 heterocycles. The second-order valence-corrected chi connectivity index (χ2v) is 6.55. The molecule has 0 amide bonds. The predicted molar refractivity (Wildman–Crippen MR) is 48.6 cm³/mol. The molecule has 0 aromatic heterocycles. The zero-order valence-electron chi connectivity index (χ0n) is 7.57. The van der Waals surface area contributed by atoms with Crippen molar-refractivity contribution in [3.05, 3.63) is 29.8 Å². The van der Waals surface area contributed by atoms with Gasteiger partial charge in [-0.2, -0.15) is 0 Å². The molecule has 1 aromatic carbocycles. The Morgan fingerprint density at radius 1 is 1.46 bits per heavy atom. The summed E-state index contributed by atoms with van der Waals surface area (Å²) in [4.78, 5) is 0. The van der Waals surface area contributed by atoms with Crippen LogP contribution in [0.5, 0.6) is 0 Å². The van der Waals surface area contributed by atoms with Crippen LogP contribution in [0.15, 0.2) is 24.3 Å². The van der Waals surface area contributed by atoms with Crippen molar-refractivity contribution in [3.63, 3.8) is 0 Å². The van der Waals surface area contributed by atoms with Crippen molar-refractivity contribution in [2.24, 2.45) is 0 Å². The quantitative estimate of drug-likeness (QED) is 0.634. The Hall–Kier alpha value is -0.525. The zero-order valence-corrected chi connectivity index (χ0v) is 13.1. The van der Waals surface area contributed by atoms with Gasteiger partial charge in [0.15, 0.2) is 0 Å². The van der Waals surface area contributed by atoms with E-state index < -0.39 is 6.10 Å². The van der Waals surface area contributed by atoms with E-state index in [1.165, 1.54) is 5.69 Å². The minimum absolute atomic E-state index is 0.589. The molecule has 0 fully saturated rings. The van der Waals surface area contributed by atoms with Gasteiger partial charge in [-0.05, 0) is 0 Å². The average Bonchev–Trinajstić information content (AvgIpc) is 2.17. The molecule has 0 aliphatic heterocycles. The summed E-state index contributed by atoms with van der Waals surface area (Å²) in [5.41, 5.74) is 1.96. The van der Waals surface area contributed by atoms with Crippen molar-refractivity contribution < 1.29 is 31.5 Å². The average molecular weight is 361 g/mol. The summed E-state index contributed by atoms with van der Waals surface area (Å²) in [5, 5.41) is 9.32. The second-order valence-electron chi connectivity index (χ2n) is 2.86. The van der Waals surface area contributed by atoms with Gasteiger partial charge in [-0.3, -0.25) is 0 Å². The molecule has 63 valence electrons. The van der Waals surface area contributed by atoms with E-state index in [4.69, 9.17) is 6.42 Å². The van der Waals surface area contributed by atoms with Crippen LogP contribution in [0.3, 0.4) is 0 Å². The van der Waals surface area contributed by atoms with Crippen molar-refractivity contribution >= 4 is 5.69 Å². The van der Waals surface area contributed by atoms with Crippen LogP contribution in [-0.4, -0.2) is 12.2 Å². The van der Waals surface area contributed by atoms with E-state index in [9.17, 15) is 5.11 Å². The number of nitrogens with zero attached hydrogens (tertiary/aromatic N) is 1. The molecule has 2 nitrogen and oxygen atoms in total. The fourth-order valence-electron chi connectivity index (χ4n) is 1.01. The van der Waals surface area contributed by atoms with E-state index >= 15 is 0 Å². The van der Waals surface area contributed by atoms with Crippen LogP contribution in [0.25, 0.3) is 0 Å². The van der Waals surface area contributed by atoms with Crippen LogP contribution in [0, 0.1) is 12.3 Å². The fraction of sp³-hybridized carbons (Fsp3) is 0.200. The van der Waals surface area contributed by atoms with E-state index in [2.05, 4.69) is 15.6 Å². The van der Waals surface area contributed by atoms with Gasteiger partial charge in [-0.15, -0.1) is 0 Å². The molecule has 1 N–H and O–H groups in total. The monoisotopic (exact) mass is 362 g/mol. The molecule has 0 bridgehead atoms. The first-order valence-electron chi connectivity index (χ1n) is 3.93. The van der Waals surface area contributed by atoms with E-state index in [0.29, 0.717) is 26.4 Å². The third-order valence-corrected chi connectivity index (χ3v) is 3.23. The molecule has 3 heteroatoms. The first-order chi connectivity index (χ1) is 6.15. The fourth-order valence-corrected chi connectivity index (χ4v) is 1.83. The number of anilines is 1. The molecule has 0 saturated heterocycles. The SMILES string of the molecule is C#CC(O)c1ccc([N](C)[Hg])cc1. The van der Waals surface area contributed by atoms with Crippen molar-refractivity contribution in [3.8, 4) is 12.3 Å². The maximum atomic E-state index is 9.32. The van der Waals surface area contributed by atoms with Crippen LogP contribution in [-0.2, 0) is 26.4 Å². The van der Waals surface area contributed by atoms with E-state index in [-0.39, 0.29) is 0 Å². The molecule has 1 unspecified atom stereocenters. The molecule has 0 spiro atoms. The van der Waals surface area contributed by atoms with Gasteiger partial charge in [0.25, 0.3) is 0 Å². The summed E-state index contributed by atoms with van der Waals surface area (Å²) in [6, 6.07) is 7.68. The number of hydrogen-bond acceptors (Lipinski definition) is 2. The minimum atomic E-state index is -0.779. The van der Waals surface area contributed by atoms with Crippen LogP contribution < -0.4 is 2.66 Å². The Bertz CT molecular complexity index is 313. The topological polar surface area (TPSA) is 23.5 Å². The maximum absolute atomic E-state index is 9.32. The van der Waals surface area contributed by atoms with Crippen LogP contribution in [0.4, 0.5) is 5.69 Å². The molecule has 0 saturated carbocycles. The van der Waals surface area contributed by atoms with Gasteiger partial charge < -0.3 is 0 Å². The van der Waals surface area contributed by atoms with Gasteiger partial charge in [0.05, 0.1) is 0 Å². The Morgan fingerprint density at radius 3 is 2.38 bits per heavy atom. The van der Waals surface area contributed by atoms with Gasteiger partial charge in [0.2, 0.25) is 0 Å². The van der Waals surface area contributed by atoms with Crippen molar-refractivity contribution in [1.29, 1.82) is 0 Å². The number of terminal acetylenes is 1. The number of hydrogen-bond donors (Lipinski definition) is 1. The summed E-state index contributed by atoms with van der Waals surface area (Å²) < 4.78 is 2.19. The second kappa shape index (κ2) is 4.64. The summed E-state index contributed by atoms with van der Waals surface area (Å²) in [7, 11) is 2.05. The summed E-state index contributed by atoms with van der Waals surface area (Å²) in [5.74, 6) is 2.28. The number of aliphatic hydroxyl groups excluding tert-OH is 1. The Morgan fingerprint density at radius 2 is 2.00 bits per heavy atom. The molecule has 13 heavy (non-hydrogen) atoms. The predicted octanol–water partition coefficient (Wildman–Crippen LogP) is 1.25. The molecule has 1 atom stereocenters. The summed E-state index contributed by atoms with van der Waals surface area (Å²) >= 11 is 0.589. The summed E-state index contributed by atoms with van der Waals surface area (Å²) in [6.45, 7) is 0. The van der Waals surface area contributed by atoms with Crippen LogP contribution >= 0.6 is 0 Å². The number of benzene rings is 1. The Labute approximate surface area is 95.0 Å². The number of aliphatic hydroxyl groups is 1. The normalized spacial score (nSPS) is 11.9. The van der Waals surface area contributed by atoms with E-state index in [0.717, 1.165) is 5.56 Å². The van der Waals surface area contributed by atoms with Crippen LogP contribution in [0.1, 0.15) is 11.7 Å². The molecule has 0 radical (unpaired) electrons. The standard InChI is InChI=1S/C10H10NO.Hg/c1-3-10(12)8-4-6-9(11-2)7-5-8;/h1,4-7,10,12H,2H3;/q-1;+1. The molecule has 1 aromatic rings. The molecular weight excluding hydrogens is 351 g/mol. The zero-order chi connectivity index (χ0) is 9.84.